The van der Waals surface area contributed by atoms with Gasteiger partial charge < -0.3 is 9.84 Å². The first-order valence-corrected chi connectivity index (χ1v) is 15.5. The summed E-state index contributed by atoms with van der Waals surface area (Å²) in [6, 6.07) is 14.6. The fourth-order valence-corrected chi connectivity index (χ4v) is 6.59. The van der Waals surface area contributed by atoms with Crippen LogP contribution in [0.3, 0.4) is 0 Å². The van der Waals surface area contributed by atoms with Crippen molar-refractivity contribution in [2.45, 2.75) is 25.4 Å². The molecule has 230 valence electrons. The van der Waals surface area contributed by atoms with Gasteiger partial charge in [-0.3, -0.25) is 14.6 Å². The molecular formula is C32H28ClF3N2O4S2. The van der Waals surface area contributed by atoms with E-state index in [9.17, 15) is 22.8 Å². The third kappa shape index (κ3) is 7.63. The molecule has 0 radical (unpaired) electrons. The smallest absolute Gasteiger partial charge is 0.416 e. The van der Waals surface area contributed by atoms with Crippen molar-refractivity contribution in [1.82, 2.24) is 9.80 Å². The zero-order chi connectivity index (χ0) is 31.4. The predicted molar refractivity (Wildman–Crippen MR) is 170 cm³/mol. The molecule has 0 bridgehead atoms. The van der Waals surface area contributed by atoms with Gasteiger partial charge in [0.05, 0.1) is 16.0 Å². The van der Waals surface area contributed by atoms with Crippen LogP contribution < -0.4 is 4.74 Å². The lowest BCUT2D eigenvalue weighted by Crippen LogP contribution is -2.30. The average molecular weight is 661 g/mol. The molecule has 2 saturated heterocycles. The highest BCUT2D eigenvalue weighted by atomic mass is 35.5. The van der Waals surface area contributed by atoms with Crippen LogP contribution in [0.5, 0.6) is 5.75 Å². The number of benzene rings is 3. The Balaban J connectivity index is 1.40. The van der Waals surface area contributed by atoms with Gasteiger partial charge in [-0.05, 0) is 92.0 Å². The molecule has 1 N–H and O–H groups in total. The van der Waals surface area contributed by atoms with Gasteiger partial charge in [-0.1, -0.05) is 53.8 Å². The summed E-state index contributed by atoms with van der Waals surface area (Å²) in [5.74, 6) is -0.829. The van der Waals surface area contributed by atoms with Gasteiger partial charge in [0.1, 0.15) is 16.7 Å². The SMILES string of the molecule is O=C(O)c1ccc(CCN2C(=O)/C(=C/c3cc(-c4cc(C(F)(F)F)ccc4Cl)ccc3OCCN3CCCC3)SC2=S)cc1. The molecule has 3 aromatic rings. The molecule has 2 heterocycles. The molecule has 0 saturated carbocycles. The zero-order valence-electron chi connectivity index (χ0n) is 23.4. The minimum absolute atomic E-state index is 0.161. The fraction of sp³-hybridized carbons (Fsp3) is 0.281. The number of nitrogens with zero attached hydrogens (tertiary/aromatic N) is 2. The number of hydrogen-bond donors (Lipinski definition) is 1. The number of ether oxygens (including phenoxy) is 1. The number of thioether (sulfide) groups is 1. The molecular weight excluding hydrogens is 633 g/mol. The molecule has 1 amide bonds. The van der Waals surface area contributed by atoms with Crippen molar-refractivity contribution in [2.24, 2.45) is 0 Å². The molecule has 2 fully saturated rings. The minimum Gasteiger partial charge on any atom is -0.492 e. The molecule has 0 unspecified atom stereocenters. The highest BCUT2D eigenvalue weighted by Gasteiger charge is 2.33. The molecule has 0 aromatic heterocycles. The maximum Gasteiger partial charge on any atom is 0.416 e. The van der Waals surface area contributed by atoms with E-state index in [0.717, 1.165) is 61.9 Å². The number of carboxylic acid groups (broad SMARTS) is 1. The molecule has 6 nitrogen and oxygen atoms in total. The number of thiocarbonyl (C=S) groups is 1. The Bertz CT molecular complexity index is 1610. The number of halogens is 4. The van der Waals surface area contributed by atoms with E-state index in [1.54, 1.807) is 36.4 Å². The van der Waals surface area contributed by atoms with Crippen molar-refractivity contribution in [2.75, 3.05) is 32.8 Å². The Morgan fingerprint density at radius 1 is 1.05 bits per heavy atom. The maximum absolute atomic E-state index is 13.5. The molecule has 0 atom stereocenters. The third-order valence-electron chi connectivity index (χ3n) is 7.46. The van der Waals surface area contributed by atoms with Crippen molar-refractivity contribution in [3.63, 3.8) is 0 Å². The first kappa shape index (κ1) is 32.0. The Hall–Kier alpha value is -3.38. The van der Waals surface area contributed by atoms with Gasteiger partial charge in [-0.25, -0.2) is 4.79 Å². The van der Waals surface area contributed by atoms with E-state index in [0.29, 0.717) is 45.7 Å². The second-order valence-electron chi connectivity index (χ2n) is 10.4. The molecule has 12 heteroatoms. The molecule has 2 aliphatic heterocycles. The number of carbonyl (C=O) groups excluding carboxylic acids is 1. The summed E-state index contributed by atoms with van der Waals surface area (Å²) < 4.78 is 46.9. The van der Waals surface area contributed by atoms with Crippen LogP contribution >= 0.6 is 35.6 Å². The molecule has 0 spiro atoms. The second kappa shape index (κ2) is 13.7. The van der Waals surface area contributed by atoms with Crippen LogP contribution in [0.1, 0.15) is 39.9 Å². The minimum atomic E-state index is -4.53. The molecule has 0 aliphatic carbocycles. The molecule has 3 aromatic carbocycles. The number of carboxylic acids is 1. The van der Waals surface area contributed by atoms with Crippen LogP contribution in [-0.4, -0.2) is 63.9 Å². The van der Waals surface area contributed by atoms with Gasteiger partial charge in [-0.2, -0.15) is 13.2 Å². The summed E-state index contributed by atoms with van der Waals surface area (Å²) in [5, 5.41) is 9.27. The Morgan fingerprint density at radius 2 is 1.77 bits per heavy atom. The van der Waals surface area contributed by atoms with Crippen molar-refractivity contribution >= 4 is 57.9 Å². The van der Waals surface area contributed by atoms with Gasteiger partial charge in [0.15, 0.2) is 0 Å². The van der Waals surface area contributed by atoms with E-state index >= 15 is 0 Å². The van der Waals surface area contributed by atoms with E-state index in [2.05, 4.69) is 4.90 Å². The highest BCUT2D eigenvalue weighted by molar-refractivity contribution is 8.26. The van der Waals surface area contributed by atoms with E-state index in [1.807, 2.05) is 0 Å². The summed E-state index contributed by atoms with van der Waals surface area (Å²) in [6.07, 6.45) is -0.126. The summed E-state index contributed by atoms with van der Waals surface area (Å²) in [7, 11) is 0. The van der Waals surface area contributed by atoms with E-state index < -0.39 is 17.7 Å². The zero-order valence-corrected chi connectivity index (χ0v) is 25.8. The van der Waals surface area contributed by atoms with Crippen LogP contribution in [0.25, 0.3) is 17.2 Å². The quantitative estimate of drug-likeness (QED) is 0.177. The Morgan fingerprint density at radius 3 is 2.45 bits per heavy atom. The second-order valence-corrected chi connectivity index (χ2v) is 12.5. The number of likely N-dealkylation sites (tertiary alicyclic amines) is 1. The van der Waals surface area contributed by atoms with Crippen LogP contribution in [-0.2, 0) is 17.4 Å². The summed E-state index contributed by atoms with van der Waals surface area (Å²) >= 11 is 13.0. The Labute approximate surface area is 267 Å². The number of alkyl halides is 3. The number of hydrogen-bond acceptors (Lipinski definition) is 6. The molecule has 5 rings (SSSR count). The van der Waals surface area contributed by atoms with Crippen molar-refractivity contribution in [1.29, 1.82) is 0 Å². The van der Waals surface area contributed by atoms with E-state index in [4.69, 9.17) is 33.7 Å². The number of carbonyl (C=O) groups is 2. The fourth-order valence-electron chi connectivity index (χ4n) is 5.06. The first-order valence-electron chi connectivity index (χ1n) is 13.9. The number of amides is 1. The maximum atomic E-state index is 13.5. The topological polar surface area (TPSA) is 70.1 Å². The monoisotopic (exact) mass is 660 g/mol. The Kier molecular flexibility index (Phi) is 9.99. The molecule has 2 aliphatic rings. The van der Waals surface area contributed by atoms with Crippen molar-refractivity contribution in [3.8, 4) is 16.9 Å². The largest absolute Gasteiger partial charge is 0.492 e. The molecule has 44 heavy (non-hydrogen) atoms. The first-order chi connectivity index (χ1) is 21.0. The number of aromatic carboxylic acids is 1. The van der Waals surface area contributed by atoms with Gasteiger partial charge in [-0.15, -0.1) is 0 Å². The number of rotatable bonds is 10. The highest BCUT2D eigenvalue weighted by Crippen LogP contribution is 2.39. The van der Waals surface area contributed by atoms with Crippen molar-refractivity contribution in [3.05, 3.63) is 92.8 Å². The van der Waals surface area contributed by atoms with Gasteiger partial charge in [0.25, 0.3) is 5.91 Å². The van der Waals surface area contributed by atoms with E-state index in [1.165, 1.54) is 23.1 Å². The van der Waals surface area contributed by atoms with E-state index in [-0.39, 0.29) is 22.1 Å². The lowest BCUT2D eigenvalue weighted by molar-refractivity contribution is -0.137. The summed E-state index contributed by atoms with van der Waals surface area (Å²) in [5.41, 5.74) is 1.38. The lowest BCUT2D eigenvalue weighted by Gasteiger charge is -2.17. The summed E-state index contributed by atoms with van der Waals surface area (Å²) in [6.45, 7) is 3.46. The predicted octanol–water partition coefficient (Wildman–Crippen LogP) is 7.64. The van der Waals surface area contributed by atoms with Gasteiger partial charge >= 0.3 is 12.1 Å². The van der Waals surface area contributed by atoms with Crippen LogP contribution in [0.15, 0.2) is 65.6 Å². The standard InChI is InChI=1S/C32H28ClF3N2O4S2/c33-26-9-8-24(32(34,35)36)19-25(26)22-7-10-27(42-16-15-37-12-1-2-13-37)23(17-22)18-28-29(39)38(31(43)44-28)14-11-20-3-5-21(6-4-20)30(40)41/h3-10,17-19H,1-2,11-16H2,(H,40,41)/b28-18-. The lowest BCUT2D eigenvalue weighted by atomic mass is 9.99. The third-order valence-corrected chi connectivity index (χ3v) is 9.17. The summed E-state index contributed by atoms with van der Waals surface area (Å²) in [4.78, 5) is 28.7. The van der Waals surface area contributed by atoms with Gasteiger partial charge in [0, 0.05) is 29.2 Å². The van der Waals surface area contributed by atoms with Crippen LogP contribution in [0.2, 0.25) is 5.02 Å². The normalized spacial score (nSPS) is 16.7. The van der Waals surface area contributed by atoms with Crippen LogP contribution in [0, 0.1) is 0 Å². The average Bonchev–Trinajstić information content (AvgIpc) is 3.60. The van der Waals surface area contributed by atoms with Crippen molar-refractivity contribution < 1.29 is 32.6 Å². The van der Waals surface area contributed by atoms with Crippen LogP contribution in [0.4, 0.5) is 13.2 Å². The van der Waals surface area contributed by atoms with Gasteiger partial charge in [0.2, 0.25) is 0 Å².